The van der Waals surface area contributed by atoms with Crippen LogP contribution in [-0.2, 0) is 14.4 Å². The van der Waals surface area contributed by atoms with Crippen molar-refractivity contribution in [1.82, 2.24) is 0 Å². The zero-order valence-corrected chi connectivity index (χ0v) is 9.38. The quantitative estimate of drug-likeness (QED) is 0.342. The first-order valence-corrected chi connectivity index (χ1v) is 3.21. The van der Waals surface area contributed by atoms with Crippen molar-refractivity contribution in [3.8, 4) is 0 Å². The summed E-state index contributed by atoms with van der Waals surface area (Å²) in [6.45, 7) is 0. The van der Waals surface area contributed by atoms with Crippen LogP contribution in [0.4, 0.5) is 0 Å². The SMILES string of the molecule is O=C(O)CC(C(=O)O)C(O)C(=O)O.[H-].[Na+]. The van der Waals surface area contributed by atoms with E-state index in [0.717, 1.165) is 0 Å². The number of carboxylic acid groups (broad SMARTS) is 3. The maximum Gasteiger partial charge on any atom is 1.00 e. The summed E-state index contributed by atoms with van der Waals surface area (Å²) >= 11 is 0. The first kappa shape index (κ1) is 15.8. The number of aliphatic hydroxyl groups excluding tert-OH is 1. The molecule has 0 aromatic heterocycles. The molecule has 0 fully saturated rings. The van der Waals surface area contributed by atoms with Gasteiger partial charge in [-0.05, 0) is 0 Å². The maximum absolute atomic E-state index is 10.3. The van der Waals surface area contributed by atoms with E-state index >= 15 is 0 Å². The smallest absolute Gasteiger partial charge is 1.00 e. The molecule has 0 saturated carbocycles. The van der Waals surface area contributed by atoms with Crippen molar-refractivity contribution in [2.75, 3.05) is 0 Å². The van der Waals surface area contributed by atoms with Crippen LogP contribution in [0.2, 0.25) is 0 Å². The fourth-order valence-electron chi connectivity index (χ4n) is 0.694. The van der Waals surface area contributed by atoms with Crippen LogP contribution in [0.15, 0.2) is 0 Å². The Morgan fingerprint density at radius 3 is 1.71 bits per heavy atom. The van der Waals surface area contributed by atoms with E-state index in [1.54, 1.807) is 0 Å². The number of aliphatic hydroxyl groups is 1. The summed E-state index contributed by atoms with van der Waals surface area (Å²) in [5, 5.41) is 33.5. The first-order valence-electron chi connectivity index (χ1n) is 3.21. The zero-order valence-electron chi connectivity index (χ0n) is 8.38. The molecule has 0 aromatic rings. The van der Waals surface area contributed by atoms with Gasteiger partial charge in [-0.2, -0.15) is 0 Å². The van der Waals surface area contributed by atoms with Gasteiger partial charge in [0.05, 0.1) is 6.42 Å². The molecule has 0 bridgehead atoms. The van der Waals surface area contributed by atoms with Gasteiger partial charge in [-0.1, -0.05) is 0 Å². The molecule has 8 heteroatoms. The second-order valence-electron chi connectivity index (χ2n) is 2.33. The number of aliphatic carboxylic acids is 3. The summed E-state index contributed by atoms with van der Waals surface area (Å²) in [6.07, 6.45) is -3.13. The summed E-state index contributed by atoms with van der Waals surface area (Å²) in [7, 11) is 0. The molecule has 0 aliphatic carbocycles. The fraction of sp³-hybridized carbons (Fsp3) is 0.500. The van der Waals surface area contributed by atoms with Crippen LogP contribution >= 0.6 is 0 Å². The predicted octanol–water partition coefficient (Wildman–Crippen LogP) is -4.28. The largest absolute Gasteiger partial charge is 1.00 e. The van der Waals surface area contributed by atoms with E-state index in [4.69, 9.17) is 20.4 Å². The van der Waals surface area contributed by atoms with Gasteiger partial charge in [0.1, 0.15) is 5.92 Å². The number of carboxylic acids is 3. The van der Waals surface area contributed by atoms with Crippen molar-refractivity contribution in [3.05, 3.63) is 0 Å². The topological polar surface area (TPSA) is 132 Å². The van der Waals surface area contributed by atoms with Crippen LogP contribution < -0.4 is 29.6 Å². The maximum atomic E-state index is 10.3. The summed E-state index contributed by atoms with van der Waals surface area (Å²) in [6, 6.07) is 0. The molecule has 2 unspecified atom stereocenters. The van der Waals surface area contributed by atoms with Crippen molar-refractivity contribution in [3.63, 3.8) is 0 Å². The number of carbonyl (C=O) groups is 3. The van der Waals surface area contributed by atoms with Gasteiger partial charge < -0.3 is 21.9 Å². The molecule has 0 amide bonds. The molecule has 0 aromatic carbocycles. The van der Waals surface area contributed by atoms with Gasteiger partial charge in [0.2, 0.25) is 0 Å². The molecule has 0 aliphatic rings. The van der Waals surface area contributed by atoms with Crippen LogP contribution in [0.25, 0.3) is 0 Å². The molecule has 0 radical (unpaired) electrons. The second-order valence-corrected chi connectivity index (χ2v) is 2.33. The third-order valence-electron chi connectivity index (χ3n) is 1.35. The molecule has 76 valence electrons. The number of rotatable bonds is 5. The van der Waals surface area contributed by atoms with Crippen LogP contribution in [-0.4, -0.2) is 44.4 Å². The predicted molar refractivity (Wildman–Crippen MR) is 38.1 cm³/mol. The molecule has 14 heavy (non-hydrogen) atoms. The standard InChI is InChI=1S/C6H8O7.Na.H/c7-3(8)1-2(5(10)11)4(9)6(12)13;;/h2,4,9H,1H2,(H,7,8)(H,10,11)(H,12,13);;/q;+1;-1. The van der Waals surface area contributed by atoms with Crippen LogP contribution in [0.5, 0.6) is 0 Å². The van der Waals surface area contributed by atoms with E-state index in [1.165, 1.54) is 0 Å². The third kappa shape index (κ3) is 5.18. The Balaban J connectivity index is -0.000000720. The Labute approximate surface area is 102 Å². The van der Waals surface area contributed by atoms with E-state index in [1.807, 2.05) is 0 Å². The zero-order chi connectivity index (χ0) is 10.6. The Kier molecular flexibility index (Phi) is 7.65. The Morgan fingerprint density at radius 2 is 1.50 bits per heavy atom. The minimum Gasteiger partial charge on any atom is -1.00 e. The first-order chi connectivity index (χ1) is 5.86. The molecular weight excluding hydrogens is 207 g/mol. The molecule has 0 saturated heterocycles. The minimum absolute atomic E-state index is 0. The third-order valence-corrected chi connectivity index (χ3v) is 1.35. The van der Waals surface area contributed by atoms with E-state index in [-0.39, 0.29) is 31.0 Å². The number of hydrogen-bond donors (Lipinski definition) is 4. The monoisotopic (exact) mass is 216 g/mol. The van der Waals surface area contributed by atoms with Crippen molar-refractivity contribution in [2.45, 2.75) is 12.5 Å². The Bertz CT molecular complexity index is 244. The molecule has 0 heterocycles. The second kappa shape index (κ2) is 6.77. The summed E-state index contributed by atoms with van der Waals surface area (Å²) < 4.78 is 0. The van der Waals surface area contributed by atoms with Crippen molar-refractivity contribution >= 4 is 17.9 Å². The van der Waals surface area contributed by atoms with Crippen molar-refractivity contribution in [2.24, 2.45) is 5.92 Å². The van der Waals surface area contributed by atoms with Gasteiger partial charge in [-0.15, -0.1) is 0 Å². The molecule has 0 spiro atoms. The van der Waals surface area contributed by atoms with Gasteiger partial charge in [0.15, 0.2) is 6.10 Å². The van der Waals surface area contributed by atoms with E-state index in [2.05, 4.69) is 0 Å². The van der Waals surface area contributed by atoms with Gasteiger partial charge >= 0.3 is 47.5 Å². The molecule has 2 atom stereocenters. The minimum atomic E-state index is -2.20. The van der Waals surface area contributed by atoms with Crippen LogP contribution in [0, 0.1) is 5.92 Å². The van der Waals surface area contributed by atoms with Crippen LogP contribution in [0.1, 0.15) is 7.85 Å². The molecule has 4 N–H and O–H groups in total. The van der Waals surface area contributed by atoms with E-state index < -0.39 is 36.4 Å². The molecule has 7 nitrogen and oxygen atoms in total. The summed E-state index contributed by atoms with van der Waals surface area (Å²) in [4.78, 5) is 30.5. The Hall–Kier alpha value is -0.630. The summed E-state index contributed by atoms with van der Waals surface area (Å²) in [5.41, 5.74) is 0. The molecule has 0 rings (SSSR count). The summed E-state index contributed by atoms with van der Waals surface area (Å²) in [5.74, 6) is -6.71. The van der Waals surface area contributed by atoms with Crippen LogP contribution in [0.3, 0.4) is 0 Å². The van der Waals surface area contributed by atoms with Crippen molar-refractivity contribution in [1.29, 1.82) is 0 Å². The van der Waals surface area contributed by atoms with Gasteiger partial charge in [0.25, 0.3) is 0 Å². The molecule has 0 aliphatic heterocycles. The molecular formula is C6H9NaO7. The van der Waals surface area contributed by atoms with Crippen molar-refractivity contribution < 1.29 is 65.8 Å². The fourth-order valence-corrected chi connectivity index (χ4v) is 0.694. The Morgan fingerprint density at radius 1 is 1.07 bits per heavy atom. The normalized spacial score (nSPS) is 13.5. The van der Waals surface area contributed by atoms with E-state index in [0.29, 0.717) is 0 Å². The van der Waals surface area contributed by atoms with Gasteiger partial charge in [0, 0.05) is 0 Å². The van der Waals surface area contributed by atoms with Gasteiger partial charge in [-0.25, -0.2) is 4.79 Å². The van der Waals surface area contributed by atoms with Gasteiger partial charge in [-0.3, -0.25) is 9.59 Å². The average molecular weight is 216 g/mol. The average Bonchev–Trinajstić information content (AvgIpc) is 1.97. The van der Waals surface area contributed by atoms with E-state index in [9.17, 15) is 14.4 Å². The number of hydrogen-bond acceptors (Lipinski definition) is 4.